The van der Waals surface area contributed by atoms with E-state index in [1.807, 2.05) is 29.5 Å². The maximum absolute atomic E-state index is 11.6. The molecule has 0 aliphatic heterocycles. The van der Waals surface area contributed by atoms with Crippen LogP contribution in [-0.2, 0) is 0 Å². The smallest absolute Gasteiger partial charge is 0.186 e. The minimum Gasteiger partial charge on any atom is -0.296 e. The van der Waals surface area contributed by atoms with E-state index >= 15 is 0 Å². The molecule has 1 aromatic heterocycles. The summed E-state index contributed by atoms with van der Waals surface area (Å²) in [6, 6.07) is 4.21. The van der Waals surface area contributed by atoms with Crippen molar-refractivity contribution in [3.05, 3.63) is 22.4 Å². The lowest BCUT2D eigenvalue weighted by atomic mass is 10.2. The number of carbonyl (C=O) groups excluding carboxylic acids is 1. The molecule has 72 valence electrons. The molecule has 0 aromatic carbocycles. The highest BCUT2D eigenvalue weighted by atomic mass is 32.1. The second-order valence-electron chi connectivity index (χ2n) is 3.41. The maximum atomic E-state index is 11.6. The van der Waals surface area contributed by atoms with Crippen molar-refractivity contribution in [3.63, 3.8) is 0 Å². The fourth-order valence-electron chi connectivity index (χ4n) is 0.924. The van der Waals surface area contributed by atoms with Crippen molar-refractivity contribution in [1.29, 1.82) is 0 Å². The average Bonchev–Trinajstić information content (AvgIpc) is 2.55. The normalized spacial score (nSPS) is 11.2. The van der Waals surface area contributed by atoms with Crippen LogP contribution in [0, 0.1) is 0 Å². The summed E-state index contributed by atoms with van der Waals surface area (Å²) in [7, 11) is 1.97. The van der Waals surface area contributed by atoms with Gasteiger partial charge in [0.25, 0.3) is 0 Å². The standard InChI is InChI=1S/C10H15NOS/c1-8(2)11(3)7-9(12)10-5-4-6-13-10/h4-6,8H,7H2,1-3H3. The van der Waals surface area contributed by atoms with E-state index in [-0.39, 0.29) is 5.78 Å². The second kappa shape index (κ2) is 4.53. The summed E-state index contributed by atoms with van der Waals surface area (Å²) >= 11 is 1.51. The minimum atomic E-state index is 0.214. The van der Waals surface area contributed by atoms with E-state index < -0.39 is 0 Å². The van der Waals surface area contributed by atoms with Crippen molar-refractivity contribution >= 4 is 17.1 Å². The van der Waals surface area contributed by atoms with Gasteiger partial charge >= 0.3 is 0 Å². The lowest BCUT2D eigenvalue weighted by Crippen LogP contribution is -2.31. The molecule has 2 nitrogen and oxygen atoms in total. The van der Waals surface area contributed by atoms with E-state index in [2.05, 4.69) is 13.8 Å². The Morgan fingerprint density at radius 1 is 1.62 bits per heavy atom. The Kier molecular flexibility index (Phi) is 3.63. The first kappa shape index (κ1) is 10.4. The summed E-state index contributed by atoms with van der Waals surface area (Å²) in [6.07, 6.45) is 0. The van der Waals surface area contributed by atoms with Crippen molar-refractivity contribution in [1.82, 2.24) is 4.90 Å². The summed E-state index contributed by atoms with van der Waals surface area (Å²) < 4.78 is 0. The number of hydrogen-bond acceptors (Lipinski definition) is 3. The number of likely N-dealkylation sites (N-methyl/N-ethyl adjacent to an activating group) is 1. The molecule has 0 spiro atoms. The summed E-state index contributed by atoms with van der Waals surface area (Å²) in [5.74, 6) is 0.214. The van der Waals surface area contributed by atoms with Gasteiger partial charge in [0.15, 0.2) is 5.78 Å². The second-order valence-corrected chi connectivity index (χ2v) is 4.36. The zero-order valence-corrected chi connectivity index (χ0v) is 9.10. The van der Waals surface area contributed by atoms with Crippen LogP contribution in [0.5, 0.6) is 0 Å². The molecule has 1 aromatic rings. The molecule has 0 radical (unpaired) electrons. The monoisotopic (exact) mass is 197 g/mol. The summed E-state index contributed by atoms with van der Waals surface area (Å²) in [6.45, 7) is 4.68. The van der Waals surface area contributed by atoms with E-state index in [1.165, 1.54) is 11.3 Å². The maximum Gasteiger partial charge on any atom is 0.186 e. The number of ketones is 1. The lowest BCUT2D eigenvalue weighted by molar-refractivity contribution is 0.0933. The largest absolute Gasteiger partial charge is 0.296 e. The van der Waals surface area contributed by atoms with Crippen molar-refractivity contribution in [2.24, 2.45) is 0 Å². The quantitative estimate of drug-likeness (QED) is 0.690. The Morgan fingerprint density at radius 2 is 2.31 bits per heavy atom. The third kappa shape index (κ3) is 2.94. The van der Waals surface area contributed by atoms with Crippen molar-refractivity contribution in [2.75, 3.05) is 13.6 Å². The van der Waals surface area contributed by atoms with Gasteiger partial charge in [-0.25, -0.2) is 0 Å². The van der Waals surface area contributed by atoms with E-state index in [0.29, 0.717) is 12.6 Å². The van der Waals surface area contributed by atoms with Gasteiger partial charge in [-0.05, 0) is 32.3 Å². The Labute approximate surface area is 83.2 Å². The van der Waals surface area contributed by atoms with E-state index in [9.17, 15) is 4.79 Å². The molecule has 0 saturated carbocycles. The zero-order chi connectivity index (χ0) is 9.84. The summed E-state index contributed by atoms with van der Waals surface area (Å²) in [4.78, 5) is 14.5. The van der Waals surface area contributed by atoms with Crippen LogP contribution in [0.2, 0.25) is 0 Å². The molecule has 0 atom stereocenters. The summed E-state index contributed by atoms with van der Waals surface area (Å²) in [5.41, 5.74) is 0. The molecule has 0 aliphatic carbocycles. The fourth-order valence-corrected chi connectivity index (χ4v) is 1.58. The topological polar surface area (TPSA) is 20.3 Å². The van der Waals surface area contributed by atoms with Crippen LogP contribution < -0.4 is 0 Å². The van der Waals surface area contributed by atoms with Crippen molar-refractivity contribution < 1.29 is 4.79 Å². The molecule has 0 N–H and O–H groups in total. The number of Topliss-reactive ketones (excluding diaryl/α,β-unsaturated/α-hetero) is 1. The molecular weight excluding hydrogens is 182 g/mol. The number of carbonyl (C=O) groups is 1. The van der Waals surface area contributed by atoms with Gasteiger partial charge < -0.3 is 0 Å². The average molecular weight is 197 g/mol. The molecular formula is C10H15NOS. The molecule has 3 heteroatoms. The zero-order valence-electron chi connectivity index (χ0n) is 8.28. The molecule has 1 rings (SSSR count). The first-order valence-corrected chi connectivity index (χ1v) is 5.26. The van der Waals surface area contributed by atoms with Crippen LogP contribution in [-0.4, -0.2) is 30.3 Å². The van der Waals surface area contributed by atoms with Crippen LogP contribution in [0.4, 0.5) is 0 Å². The Balaban J connectivity index is 2.52. The van der Waals surface area contributed by atoms with Gasteiger partial charge in [0.2, 0.25) is 0 Å². The Bertz CT molecular complexity index is 266. The SMILES string of the molecule is CC(C)N(C)CC(=O)c1cccs1. The van der Waals surface area contributed by atoms with Crippen LogP contribution in [0.15, 0.2) is 17.5 Å². The van der Waals surface area contributed by atoms with Gasteiger partial charge in [-0.1, -0.05) is 6.07 Å². The molecule has 0 amide bonds. The van der Waals surface area contributed by atoms with Gasteiger partial charge in [-0.3, -0.25) is 9.69 Å². The van der Waals surface area contributed by atoms with Crippen LogP contribution in [0.1, 0.15) is 23.5 Å². The Hall–Kier alpha value is -0.670. The third-order valence-electron chi connectivity index (χ3n) is 2.07. The molecule has 0 aliphatic rings. The first-order chi connectivity index (χ1) is 6.11. The molecule has 0 saturated heterocycles. The predicted molar refractivity (Wildman–Crippen MR) is 56.4 cm³/mol. The number of nitrogens with zero attached hydrogens (tertiary/aromatic N) is 1. The van der Waals surface area contributed by atoms with Gasteiger partial charge in [0, 0.05) is 6.04 Å². The van der Waals surface area contributed by atoms with Gasteiger partial charge in [-0.2, -0.15) is 0 Å². The lowest BCUT2D eigenvalue weighted by Gasteiger charge is -2.19. The van der Waals surface area contributed by atoms with Crippen LogP contribution >= 0.6 is 11.3 Å². The van der Waals surface area contributed by atoms with Gasteiger partial charge in [-0.15, -0.1) is 11.3 Å². The number of thiophene rings is 1. The van der Waals surface area contributed by atoms with Crippen molar-refractivity contribution in [2.45, 2.75) is 19.9 Å². The molecule has 0 bridgehead atoms. The molecule has 0 fully saturated rings. The van der Waals surface area contributed by atoms with Gasteiger partial charge in [0.05, 0.1) is 11.4 Å². The highest BCUT2D eigenvalue weighted by Gasteiger charge is 2.11. The third-order valence-corrected chi connectivity index (χ3v) is 2.98. The van der Waals surface area contributed by atoms with E-state index in [4.69, 9.17) is 0 Å². The van der Waals surface area contributed by atoms with Crippen LogP contribution in [0.25, 0.3) is 0 Å². The van der Waals surface area contributed by atoms with Crippen LogP contribution in [0.3, 0.4) is 0 Å². The van der Waals surface area contributed by atoms with E-state index in [1.54, 1.807) is 0 Å². The molecule has 13 heavy (non-hydrogen) atoms. The number of rotatable bonds is 4. The van der Waals surface area contributed by atoms with E-state index in [0.717, 1.165) is 4.88 Å². The fraction of sp³-hybridized carbons (Fsp3) is 0.500. The minimum absolute atomic E-state index is 0.214. The first-order valence-electron chi connectivity index (χ1n) is 4.38. The van der Waals surface area contributed by atoms with Gasteiger partial charge in [0.1, 0.15) is 0 Å². The molecule has 0 unspecified atom stereocenters. The Morgan fingerprint density at radius 3 is 2.77 bits per heavy atom. The number of hydrogen-bond donors (Lipinski definition) is 0. The van der Waals surface area contributed by atoms with Crippen molar-refractivity contribution in [3.8, 4) is 0 Å². The summed E-state index contributed by atoms with van der Waals surface area (Å²) in [5, 5.41) is 1.93. The highest BCUT2D eigenvalue weighted by molar-refractivity contribution is 7.12. The highest BCUT2D eigenvalue weighted by Crippen LogP contribution is 2.10. The molecule has 1 heterocycles. The predicted octanol–water partition coefficient (Wildman–Crippen LogP) is 2.27.